The van der Waals surface area contributed by atoms with Gasteiger partial charge in [0.15, 0.2) is 11.5 Å². The molecule has 4 nitrogen and oxygen atoms in total. The van der Waals surface area contributed by atoms with Gasteiger partial charge in [-0.1, -0.05) is 19.9 Å². The molecule has 1 unspecified atom stereocenters. The molecule has 21 heavy (non-hydrogen) atoms. The van der Waals surface area contributed by atoms with Crippen LogP contribution in [0, 0.1) is 0 Å². The molecule has 1 aromatic carbocycles. The minimum Gasteiger partial charge on any atom is -0.490 e. The average Bonchev–Trinajstić information content (AvgIpc) is 2.72. The summed E-state index contributed by atoms with van der Waals surface area (Å²) in [5.41, 5.74) is 7.49. The Morgan fingerprint density at radius 2 is 1.81 bits per heavy atom. The number of benzene rings is 1. The molecule has 118 valence electrons. The lowest BCUT2D eigenvalue weighted by Gasteiger charge is -2.29. The summed E-state index contributed by atoms with van der Waals surface area (Å²) in [5, 5.41) is 0. The van der Waals surface area contributed by atoms with Crippen molar-refractivity contribution in [2.75, 3.05) is 26.8 Å². The molecular formula is C17H28N2O2. The number of hydrogen-bond donors (Lipinski definition) is 1. The molecule has 1 heterocycles. The van der Waals surface area contributed by atoms with Crippen LogP contribution in [-0.2, 0) is 0 Å². The minimum atomic E-state index is -0.00671. The van der Waals surface area contributed by atoms with E-state index in [1.165, 1.54) is 0 Å². The van der Waals surface area contributed by atoms with Crippen LogP contribution < -0.4 is 15.2 Å². The fourth-order valence-corrected chi connectivity index (χ4v) is 2.89. The summed E-state index contributed by atoms with van der Waals surface area (Å²) in [6.07, 6.45) is 3.23. The summed E-state index contributed by atoms with van der Waals surface area (Å²) < 4.78 is 11.4. The maximum absolute atomic E-state index is 6.38. The van der Waals surface area contributed by atoms with E-state index in [-0.39, 0.29) is 6.04 Å². The topological polar surface area (TPSA) is 47.7 Å². The van der Waals surface area contributed by atoms with Crippen molar-refractivity contribution in [3.63, 3.8) is 0 Å². The molecule has 0 radical (unpaired) electrons. The summed E-state index contributed by atoms with van der Waals surface area (Å²) in [6, 6.07) is 6.65. The van der Waals surface area contributed by atoms with E-state index >= 15 is 0 Å². The standard InChI is InChI=1S/C17H28N2O2/c1-4-14(5-2)19(3)12-15(18)13-7-8-16-17(11-13)21-10-6-9-20-16/h7-8,11,14-15H,4-6,9-10,12,18H2,1-3H3. The monoisotopic (exact) mass is 292 g/mol. The predicted molar refractivity (Wildman–Crippen MR) is 86.0 cm³/mol. The van der Waals surface area contributed by atoms with Crippen LogP contribution in [0.4, 0.5) is 0 Å². The Morgan fingerprint density at radius 1 is 1.14 bits per heavy atom. The molecule has 0 spiro atoms. The van der Waals surface area contributed by atoms with Crippen molar-refractivity contribution in [2.45, 2.75) is 45.2 Å². The molecule has 1 aromatic rings. The van der Waals surface area contributed by atoms with Crippen LogP contribution in [0.1, 0.15) is 44.7 Å². The number of nitrogens with two attached hydrogens (primary N) is 1. The van der Waals surface area contributed by atoms with Gasteiger partial charge in [-0.15, -0.1) is 0 Å². The van der Waals surface area contributed by atoms with E-state index in [4.69, 9.17) is 15.2 Å². The van der Waals surface area contributed by atoms with Gasteiger partial charge in [-0.05, 0) is 37.6 Å². The third-order valence-electron chi connectivity index (χ3n) is 4.25. The highest BCUT2D eigenvalue weighted by atomic mass is 16.5. The largest absolute Gasteiger partial charge is 0.490 e. The van der Waals surface area contributed by atoms with E-state index in [0.717, 1.165) is 49.5 Å². The number of ether oxygens (including phenoxy) is 2. The number of nitrogens with zero attached hydrogens (tertiary/aromatic N) is 1. The summed E-state index contributed by atoms with van der Waals surface area (Å²) in [5.74, 6) is 1.66. The van der Waals surface area contributed by atoms with E-state index in [2.05, 4.69) is 31.9 Å². The Balaban J connectivity index is 2.05. The average molecular weight is 292 g/mol. The Bertz CT molecular complexity index is 446. The second-order valence-electron chi connectivity index (χ2n) is 5.77. The third-order valence-corrected chi connectivity index (χ3v) is 4.25. The van der Waals surface area contributed by atoms with E-state index < -0.39 is 0 Å². The zero-order valence-electron chi connectivity index (χ0n) is 13.5. The number of likely N-dealkylation sites (N-methyl/N-ethyl adjacent to an activating group) is 1. The Hall–Kier alpha value is -1.26. The van der Waals surface area contributed by atoms with Crippen LogP contribution in [0.2, 0.25) is 0 Å². The van der Waals surface area contributed by atoms with Crippen LogP contribution in [0.3, 0.4) is 0 Å². The summed E-state index contributed by atoms with van der Waals surface area (Å²) >= 11 is 0. The quantitative estimate of drug-likeness (QED) is 0.875. The maximum Gasteiger partial charge on any atom is 0.161 e. The van der Waals surface area contributed by atoms with Gasteiger partial charge in [0.25, 0.3) is 0 Å². The van der Waals surface area contributed by atoms with E-state index in [1.807, 2.05) is 12.1 Å². The number of hydrogen-bond acceptors (Lipinski definition) is 4. The molecule has 0 aliphatic carbocycles. The van der Waals surface area contributed by atoms with Crippen molar-refractivity contribution < 1.29 is 9.47 Å². The van der Waals surface area contributed by atoms with Gasteiger partial charge in [0.2, 0.25) is 0 Å². The molecule has 2 rings (SSSR count). The molecule has 0 bridgehead atoms. The molecule has 1 aliphatic heterocycles. The molecule has 0 saturated carbocycles. The second-order valence-corrected chi connectivity index (χ2v) is 5.77. The van der Waals surface area contributed by atoms with Crippen molar-refractivity contribution in [3.05, 3.63) is 23.8 Å². The van der Waals surface area contributed by atoms with Gasteiger partial charge >= 0.3 is 0 Å². The van der Waals surface area contributed by atoms with Crippen molar-refractivity contribution >= 4 is 0 Å². The van der Waals surface area contributed by atoms with Crippen LogP contribution in [0.15, 0.2) is 18.2 Å². The third kappa shape index (κ3) is 4.11. The first-order valence-electron chi connectivity index (χ1n) is 8.01. The van der Waals surface area contributed by atoms with Gasteiger partial charge in [-0.2, -0.15) is 0 Å². The van der Waals surface area contributed by atoms with Crippen LogP contribution in [0.5, 0.6) is 11.5 Å². The lowest BCUT2D eigenvalue weighted by molar-refractivity contribution is 0.217. The number of rotatable bonds is 6. The van der Waals surface area contributed by atoms with Crippen LogP contribution in [-0.4, -0.2) is 37.7 Å². The number of fused-ring (bicyclic) bond motifs is 1. The highest BCUT2D eigenvalue weighted by molar-refractivity contribution is 5.44. The first-order chi connectivity index (χ1) is 10.2. The summed E-state index contributed by atoms with van der Waals surface area (Å²) in [4.78, 5) is 2.35. The molecule has 2 N–H and O–H groups in total. The highest BCUT2D eigenvalue weighted by Gasteiger charge is 2.17. The van der Waals surface area contributed by atoms with Gasteiger partial charge in [-0.3, -0.25) is 0 Å². The minimum absolute atomic E-state index is 0.00671. The molecular weight excluding hydrogens is 264 g/mol. The van der Waals surface area contributed by atoms with Crippen LogP contribution in [0.25, 0.3) is 0 Å². The predicted octanol–water partition coefficient (Wildman–Crippen LogP) is 2.97. The maximum atomic E-state index is 6.38. The van der Waals surface area contributed by atoms with E-state index in [1.54, 1.807) is 0 Å². The van der Waals surface area contributed by atoms with E-state index in [9.17, 15) is 0 Å². The molecule has 1 atom stereocenters. The summed E-state index contributed by atoms with van der Waals surface area (Å²) in [6.45, 7) is 6.73. The Morgan fingerprint density at radius 3 is 2.48 bits per heavy atom. The summed E-state index contributed by atoms with van der Waals surface area (Å²) in [7, 11) is 2.15. The molecule has 1 aliphatic rings. The zero-order chi connectivity index (χ0) is 15.2. The Labute approximate surface area is 128 Å². The van der Waals surface area contributed by atoms with Gasteiger partial charge in [-0.25, -0.2) is 0 Å². The van der Waals surface area contributed by atoms with Crippen molar-refractivity contribution in [1.82, 2.24) is 4.90 Å². The normalized spacial score (nSPS) is 16.1. The van der Waals surface area contributed by atoms with Crippen LogP contribution >= 0.6 is 0 Å². The molecule has 4 heteroatoms. The molecule has 0 saturated heterocycles. The first-order valence-corrected chi connectivity index (χ1v) is 8.01. The van der Waals surface area contributed by atoms with E-state index in [0.29, 0.717) is 12.6 Å². The van der Waals surface area contributed by atoms with Crippen molar-refractivity contribution in [2.24, 2.45) is 5.73 Å². The zero-order valence-corrected chi connectivity index (χ0v) is 13.5. The SMILES string of the molecule is CCC(CC)N(C)CC(N)c1ccc2c(c1)OCCCO2. The first kappa shape index (κ1) is 16.1. The van der Waals surface area contributed by atoms with Gasteiger partial charge < -0.3 is 20.1 Å². The fourth-order valence-electron chi connectivity index (χ4n) is 2.89. The second kappa shape index (κ2) is 7.66. The molecule has 0 fully saturated rings. The lowest BCUT2D eigenvalue weighted by atomic mass is 10.0. The lowest BCUT2D eigenvalue weighted by Crippen LogP contribution is -2.36. The smallest absolute Gasteiger partial charge is 0.161 e. The molecule has 0 amide bonds. The molecule has 0 aromatic heterocycles. The van der Waals surface area contributed by atoms with Crippen molar-refractivity contribution in [1.29, 1.82) is 0 Å². The van der Waals surface area contributed by atoms with Gasteiger partial charge in [0, 0.05) is 25.0 Å². The Kier molecular flexibility index (Phi) is 5.88. The highest BCUT2D eigenvalue weighted by Crippen LogP contribution is 2.32. The van der Waals surface area contributed by atoms with Crippen molar-refractivity contribution in [3.8, 4) is 11.5 Å². The van der Waals surface area contributed by atoms with Gasteiger partial charge in [0.1, 0.15) is 0 Å². The fraction of sp³-hybridized carbons (Fsp3) is 0.647. The van der Waals surface area contributed by atoms with Gasteiger partial charge in [0.05, 0.1) is 13.2 Å².